The summed E-state index contributed by atoms with van der Waals surface area (Å²) in [7, 11) is 3.42. The van der Waals surface area contributed by atoms with E-state index in [4.69, 9.17) is 4.74 Å². The molecule has 1 aliphatic carbocycles. The minimum Gasteiger partial charge on any atom is -0.496 e. The molecule has 2 rings (SSSR count). The largest absolute Gasteiger partial charge is 0.496 e. The summed E-state index contributed by atoms with van der Waals surface area (Å²) < 4.78 is 19.8. The molecule has 0 unspecified atom stereocenters. The van der Waals surface area contributed by atoms with Crippen LogP contribution in [-0.4, -0.2) is 14.2 Å². The summed E-state index contributed by atoms with van der Waals surface area (Å²) in [6.07, 6.45) is 1.91. The van der Waals surface area contributed by atoms with Crippen molar-refractivity contribution in [2.45, 2.75) is 18.4 Å². The molecular weight excluding hydrogens is 261 g/mol. The summed E-state index contributed by atoms with van der Waals surface area (Å²) >= 11 is 3.26. The van der Waals surface area contributed by atoms with E-state index in [2.05, 4.69) is 21.2 Å². The zero-order valence-electron chi connectivity index (χ0n) is 8.73. The predicted molar refractivity (Wildman–Crippen MR) is 60.6 cm³/mol. The number of hydrogen-bond acceptors (Lipinski definition) is 2. The number of benzene rings is 1. The average Bonchev–Trinajstić information content (AvgIpc) is 2.97. The van der Waals surface area contributed by atoms with E-state index in [0.29, 0.717) is 15.8 Å². The van der Waals surface area contributed by atoms with E-state index in [-0.39, 0.29) is 11.4 Å². The van der Waals surface area contributed by atoms with Gasteiger partial charge in [0.25, 0.3) is 0 Å². The van der Waals surface area contributed by atoms with E-state index in [9.17, 15) is 4.39 Å². The van der Waals surface area contributed by atoms with Gasteiger partial charge in [-0.15, -0.1) is 0 Å². The second kappa shape index (κ2) is 3.76. The van der Waals surface area contributed by atoms with Crippen molar-refractivity contribution in [3.63, 3.8) is 0 Å². The first-order valence-electron chi connectivity index (χ1n) is 4.85. The first kappa shape index (κ1) is 10.9. The Bertz CT molecular complexity index is 390. The smallest absolute Gasteiger partial charge is 0.133 e. The molecule has 0 heterocycles. The molecule has 0 aromatic heterocycles. The number of hydrogen-bond donors (Lipinski definition) is 1. The average molecular weight is 274 g/mol. The molecular formula is C11H13BrFNO. The molecule has 0 aliphatic heterocycles. The molecule has 1 N–H and O–H groups in total. The van der Waals surface area contributed by atoms with Gasteiger partial charge in [0, 0.05) is 15.6 Å². The summed E-state index contributed by atoms with van der Waals surface area (Å²) in [5, 5.41) is 3.17. The normalized spacial score (nSPS) is 17.6. The summed E-state index contributed by atoms with van der Waals surface area (Å²) in [6, 6.07) is 3.28. The topological polar surface area (TPSA) is 21.3 Å². The second-order valence-electron chi connectivity index (χ2n) is 3.80. The van der Waals surface area contributed by atoms with Crippen LogP contribution in [0.15, 0.2) is 16.6 Å². The highest BCUT2D eigenvalue weighted by Crippen LogP contribution is 2.50. The fourth-order valence-electron chi connectivity index (χ4n) is 1.93. The van der Waals surface area contributed by atoms with Crippen LogP contribution in [0, 0.1) is 5.82 Å². The lowest BCUT2D eigenvalue weighted by molar-refractivity contribution is 0.390. The van der Waals surface area contributed by atoms with Crippen LogP contribution in [0.1, 0.15) is 18.4 Å². The van der Waals surface area contributed by atoms with Gasteiger partial charge in [0.1, 0.15) is 11.6 Å². The third-order valence-corrected chi connectivity index (χ3v) is 3.40. The molecule has 15 heavy (non-hydrogen) atoms. The third-order valence-electron chi connectivity index (χ3n) is 2.95. The number of ether oxygens (including phenoxy) is 1. The molecule has 1 aromatic carbocycles. The molecule has 1 saturated carbocycles. The van der Waals surface area contributed by atoms with Crippen molar-refractivity contribution in [3.05, 3.63) is 28.0 Å². The van der Waals surface area contributed by atoms with Gasteiger partial charge in [-0.2, -0.15) is 0 Å². The van der Waals surface area contributed by atoms with E-state index in [1.807, 2.05) is 7.05 Å². The zero-order chi connectivity index (χ0) is 11.1. The minimum absolute atomic E-state index is 0.212. The van der Waals surface area contributed by atoms with Gasteiger partial charge < -0.3 is 10.1 Å². The van der Waals surface area contributed by atoms with Crippen LogP contribution in [0.2, 0.25) is 0 Å². The highest BCUT2D eigenvalue weighted by atomic mass is 79.9. The molecule has 0 saturated heterocycles. The van der Waals surface area contributed by atoms with Crippen LogP contribution in [0.4, 0.5) is 4.39 Å². The van der Waals surface area contributed by atoms with Crippen LogP contribution in [0.25, 0.3) is 0 Å². The van der Waals surface area contributed by atoms with Gasteiger partial charge in [-0.05, 0) is 32.0 Å². The van der Waals surface area contributed by atoms with Gasteiger partial charge in [-0.25, -0.2) is 4.39 Å². The molecule has 0 bridgehead atoms. The fraction of sp³-hybridized carbons (Fsp3) is 0.455. The standard InChI is InChI=1S/C11H13BrFNO/c1-14-11(3-4-11)10-8(13)5-7(12)6-9(10)15-2/h5-6,14H,3-4H2,1-2H3. The van der Waals surface area contributed by atoms with Crippen LogP contribution in [0.5, 0.6) is 5.75 Å². The SMILES string of the molecule is CNC1(c2c(F)cc(Br)cc2OC)CC1. The molecule has 0 atom stereocenters. The summed E-state index contributed by atoms with van der Waals surface area (Å²) in [4.78, 5) is 0. The van der Waals surface area contributed by atoms with Gasteiger partial charge in [0.05, 0.1) is 7.11 Å². The maximum absolute atomic E-state index is 13.9. The lowest BCUT2D eigenvalue weighted by atomic mass is 10.0. The fourth-order valence-corrected chi connectivity index (χ4v) is 2.33. The quantitative estimate of drug-likeness (QED) is 0.915. The van der Waals surface area contributed by atoms with Crippen molar-refractivity contribution >= 4 is 15.9 Å². The Kier molecular flexibility index (Phi) is 2.73. The van der Waals surface area contributed by atoms with E-state index in [1.54, 1.807) is 13.2 Å². The molecule has 0 spiro atoms. The van der Waals surface area contributed by atoms with Gasteiger partial charge in [0.15, 0.2) is 0 Å². The number of methoxy groups -OCH3 is 1. The first-order valence-corrected chi connectivity index (χ1v) is 5.65. The molecule has 2 nitrogen and oxygen atoms in total. The second-order valence-corrected chi connectivity index (χ2v) is 4.71. The van der Waals surface area contributed by atoms with Gasteiger partial charge >= 0.3 is 0 Å². The Balaban J connectivity index is 2.54. The van der Waals surface area contributed by atoms with Crippen LogP contribution < -0.4 is 10.1 Å². The van der Waals surface area contributed by atoms with Gasteiger partial charge in [-0.3, -0.25) is 0 Å². The monoisotopic (exact) mass is 273 g/mol. The zero-order valence-corrected chi connectivity index (χ0v) is 10.3. The third kappa shape index (κ3) is 1.76. The molecule has 1 aliphatic rings. The van der Waals surface area contributed by atoms with E-state index < -0.39 is 0 Å². The van der Waals surface area contributed by atoms with Crippen molar-refractivity contribution in [1.29, 1.82) is 0 Å². The summed E-state index contributed by atoms with van der Waals surface area (Å²) in [5.41, 5.74) is 0.437. The maximum Gasteiger partial charge on any atom is 0.133 e. The van der Waals surface area contributed by atoms with Crippen LogP contribution >= 0.6 is 15.9 Å². The first-order chi connectivity index (χ1) is 7.13. The molecule has 0 radical (unpaired) electrons. The maximum atomic E-state index is 13.9. The number of rotatable bonds is 3. The Morgan fingerprint density at radius 3 is 2.60 bits per heavy atom. The van der Waals surface area contributed by atoms with E-state index >= 15 is 0 Å². The van der Waals surface area contributed by atoms with E-state index in [1.165, 1.54) is 6.07 Å². The molecule has 82 valence electrons. The molecule has 0 amide bonds. The number of nitrogens with one attached hydrogen (secondary N) is 1. The minimum atomic E-state index is -0.215. The molecule has 4 heteroatoms. The van der Waals surface area contributed by atoms with Crippen LogP contribution in [-0.2, 0) is 5.54 Å². The Morgan fingerprint density at radius 2 is 2.13 bits per heavy atom. The summed E-state index contributed by atoms with van der Waals surface area (Å²) in [6.45, 7) is 0. The lowest BCUT2D eigenvalue weighted by Crippen LogP contribution is -2.26. The van der Waals surface area contributed by atoms with Crippen molar-refractivity contribution in [3.8, 4) is 5.75 Å². The lowest BCUT2D eigenvalue weighted by Gasteiger charge is -2.19. The number of halogens is 2. The predicted octanol–water partition coefficient (Wildman–Crippen LogP) is 2.81. The highest BCUT2D eigenvalue weighted by Gasteiger charge is 2.46. The van der Waals surface area contributed by atoms with Crippen molar-refractivity contribution in [2.75, 3.05) is 14.2 Å². The van der Waals surface area contributed by atoms with Gasteiger partial charge in [-0.1, -0.05) is 15.9 Å². The Labute approximate surface area is 96.9 Å². The molecule has 1 fully saturated rings. The molecule has 1 aromatic rings. The Morgan fingerprint density at radius 1 is 1.47 bits per heavy atom. The van der Waals surface area contributed by atoms with Crippen molar-refractivity contribution < 1.29 is 9.13 Å². The summed E-state index contributed by atoms with van der Waals surface area (Å²) in [5.74, 6) is 0.391. The van der Waals surface area contributed by atoms with Crippen molar-refractivity contribution in [1.82, 2.24) is 5.32 Å². The Hall–Kier alpha value is -0.610. The van der Waals surface area contributed by atoms with Gasteiger partial charge in [0.2, 0.25) is 0 Å². The van der Waals surface area contributed by atoms with E-state index in [0.717, 1.165) is 12.8 Å². The highest BCUT2D eigenvalue weighted by molar-refractivity contribution is 9.10. The van der Waals surface area contributed by atoms with Crippen molar-refractivity contribution in [2.24, 2.45) is 0 Å². The van der Waals surface area contributed by atoms with Crippen LogP contribution in [0.3, 0.4) is 0 Å².